The van der Waals surface area contributed by atoms with Crippen molar-refractivity contribution >= 4 is 17.8 Å². The SMILES string of the molecule is CC(=O)N1CCC(C(=O)NC2CCN(c3ncccn3)CC2)CC1. The molecule has 2 saturated heterocycles. The molecule has 1 N–H and O–H groups in total. The van der Waals surface area contributed by atoms with Crippen LogP contribution in [0.3, 0.4) is 0 Å². The quantitative estimate of drug-likeness (QED) is 0.887. The van der Waals surface area contributed by atoms with E-state index < -0.39 is 0 Å². The van der Waals surface area contributed by atoms with Crippen LogP contribution in [0.2, 0.25) is 0 Å². The average molecular weight is 331 g/mol. The van der Waals surface area contributed by atoms with Gasteiger partial charge in [0.15, 0.2) is 0 Å². The lowest BCUT2D eigenvalue weighted by molar-refractivity contribution is -0.134. The lowest BCUT2D eigenvalue weighted by Crippen LogP contribution is -2.48. The highest BCUT2D eigenvalue weighted by Crippen LogP contribution is 2.20. The zero-order chi connectivity index (χ0) is 16.9. The molecule has 0 aliphatic carbocycles. The number of carbonyl (C=O) groups excluding carboxylic acids is 2. The topological polar surface area (TPSA) is 78.4 Å². The first-order valence-electron chi connectivity index (χ1n) is 8.71. The van der Waals surface area contributed by atoms with Gasteiger partial charge in [0, 0.05) is 57.5 Å². The van der Waals surface area contributed by atoms with Crippen molar-refractivity contribution in [3.8, 4) is 0 Å². The molecule has 7 nitrogen and oxygen atoms in total. The molecule has 2 fully saturated rings. The Kier molecular flexibility index (Phi) is 5.27. The van der Waals surface area contributed by atoms with Gasteiger partial charge in [0.05, 0.1) is 0 Å². The molecule has 1 aromatic heterocycles. The van der Waals surface area contributed by atoms with E-state index in [2.05, 4.69) is 20.2 Å². The molecule has 2 aliphatic rings. The number of likely N-dealkylation sites (tertiary alicyclic amines) is 1. The smallest absolute Gasteiger partial charge is 0.225 e. The molecular formula is C17H25N5O2. The molecule has 0 unspecified atom stereocenters. The van der Waals surface area contributed by atoms with Gasteiger partial charge in [-0.2, -0.15) is 0 Å². The number of hydrogen-bond acceptors (Lipinski definition) is 5. The third-order valence-corrected chi connectivity index (χ3v) is 4.99. The Morgan fingerprint density at radius 2 is 1.67 bits per heavy atom. The van der Waals surface area contributed by atoms with Crippen LogP contribution in [0.4, 0.5) is 5.95 Å². The minimum absolute atomic E-state index is 0.0380. The highest BCUT2D eigenvalue weighted by atomic mass is 16.2. The minimum atomic E-state index is 0.0380. The van der Waals surface area contributed by atoms with E-state index in [4.69, 9.17) is 0 Å². The molecule has 3 rings (SSSR count). The lowest BCUT2D eigenvalue weighted by Gasteiger charge is -2.34. The summed E-state index contributed by atoms with van der Waals surface area (Å²) < 4.78 is 0. The van der Waals surface area contributed by atoms with E-state index in [-0.39, 0.29) is 23.8 Å². The van der Waals surface area contributed by atoms with Crippen molar-refractivity contribution in [3.63, 3.8) is 0 Å². The number of nitrogens with zero attached hydrogens (tertiary/aromatic N) is 4. The van der Waals surface area contributed by atoms with Crippen LogP contribution < -0.4 is 10.2 Å². The molecule has 0 radical (unpaired) electrons. The number of amides is 2. The predicted octanol–water partition coefficient (Wildman–Crippen LogP) is 0.820. The first kappa shape index (κ1) is 16.7. The normalized spacial score (nSPS) is 20.0. The summed E-state index contributed by atoms with van der Waals surface area (Å²) in [6.45, 7) is 4.69. The summed E-state index contributed by atoms with van der Waals surface area (Å²) in [6.07, 6.45) is 6.87. The fourth-order valence-electron chi connectivity index (χ4n) is 3.45. The molecule has 24 heavy (non-hydrogen) atoms. The van der Waals surface area contributed by atoms with E-state index in [1.165, 1.54) is 0 Å². The van der Waals surface area contributed by atoms with E-state index in [9.17, 15) is 9.59 Å². The van der Waals surface area contributed by atoms with E-state index >= 15 is 0 Å². The molecule has 2 aliphatic heterocycles. The van der Waals surface area contributed by atoms with E-state index in [1.54, 1.807) is 19.3 Å². The molecular weight excluding hydrogens is 306 g/mol. The summed E-state index contributed by atoms with van der Waals surface area (Å²) in [5.74, 6) is 1.05. The fourth-order valence-corrected chi connectivity index (χ4v) is 3.45. The minimum Gasteiger partial charge on any atom is -0.353 e. The number of hydrogen-bond donors (Lipinski definition) is 1. The van der Waals surface area contributed by atoms with Gasteiger partial charge in [-0.25, -0.2) is 9.97 Å². The second-order valence-corrected chi connectivity index (χ2v) is 6.60. The van der Waals surface area contributed by atoms with Gasteiger partial charge >= 0.3 is 0 Å². The Morgan fingerprint density at radius 3 is 2.25 bits per heavy atom. The van der Waals surface area contributed by atoms with Crippen LogP contribution in [-0.2, 0) is 9.59 Å². The molecule has 0 bridgehead atoms. The van der Waals surface area contributed by atoms with Crippen LogP contribution in [0, 0.1) is 5.92 Å². The third kappa shape index (κ3) is 4.01. The Bertz CT molecular complexity index is 564. The lowest BCUT2D eigenvalue weighted by atomic mass is 9.94. The summed E-state index contributed by atoms with van der Waals surface area (Å²) in [4.78, 5) is 36.3. The molecule has 0 atom stereocenters. The van der Waals surface area contributed by atoms with Crippen LogP contribution in [0.25, 0.3) is 0 Å². The Balaban J connectivity index is 1.43. The fraction of sp³-hybridized carbons (Fsp3) is 0.647. The number of nitrogens with one attached hydrogen (secondary N) is 1. The van der Waals surface area contributed by atoms with Gasteiger partial charge in [0.2, 0.25) is 17.8 Å². The van der Waals surface area contributed by atoms with Gasteiger partial charge in [-0.05, 0) is 31.7 Å². The van der Waals surface area contributed by atoms with E-state index in [0.717, 1.165) is 44.7 Å². The monoisotopic (exact) mass is 331 g/mol. The number of piperidine rings is 2. The van der Waals surface area contributed by atoms with Crippen molar-refractivity contribution in [2.45, 2.75) is 38.6 Å². The summed E-state index contributed by atoms with van der Waals surface area (Å²) in [5.41, 5.74) is 0. The van der Waals surface area contributed by atoms with E-state index in [1.807, 2.05) is 11.0 Å². The molecule has 3 heterocycles. The van der Waals surface area contributed by atoms with Crippen molar-refractivity contribution in [3.05, 3.63) is 18.5 Å². The first-order chi connectivity index (χ1) is 11.6. The number of rotatable bonds is 3. The van der Waals surface area contributed by atoms with Gasteiger partial charge in [0.25, 0.3) is 0 Å². The van der Waals surface area contributed by atoms with Gasteiger partial charge in [-0.1, -0.05) is 0 Å². The number of aromatic nitrogens is 2. The number of anilines is 1. The molecule has 0 saturated carbocycles. The summed E-state index contributed by atoms with van der Waals surface area (Å²) >= 11 is 0. The predicted molar refractivity (Wildman–Crippen MR) is 90.4 cm³/mol. The molecule has 130 valence electrons. The second-order valence-electron chi connectivity index (χ2n) is 6.60. The van der Waals surface area contributed by atoms with Crippen molar-refractivity contribution in [1.82, 2.24) is 20.2 Å². The highest BCUT2D eigenvalue weighted by Gasteiger charge is 2.28. The van der Waals surface area contributed by atoms with Crippen LogP contribution in [0.1, 0.15) is 32.6 Å². The second kappa shape index (κ2) is 7.59. The van der Waals surface area contributed by atoms with Crippen LogP contribution >= 0.6 is 0 Å². The molecule has 1 aromatic rings. The summed E-state index contributed by atoms with van der Waals surface area (Å²) in [7, 11) is 0. The van der Waals surface area contributed by atoms with E-state index in [0.29, 0.717) is 13.1 Å². The largest absolute Gasteiger partial charge is 0.353 e. The van der Waals surface area contributed by atoms with Gasteiger partial charge in [-0.3, -0.25) is 9.59 Å². The van der Waals surface area contributed by atoms with Crippen LogP contribution in [-0.4, -0.2) is 58.9 Å². The summed E-state index contributed by atoms with van der Waals surface area (Å²) in [5, 5.41) is 3.19. The molecule has 2 amide bonds. The Labute approximate surface area is 142 Å². The maximum atomic E-state index is 12.4. The van der Waals surface area contributed by atoms with Crippen molar-refractivity contribution in [2.75, 3.05) is 31.1 Å². The standard InChI is InChI=1S/C17H25N5O2/c1-13(23)21-9-3-14(4-10-21)16(24)20-15-5-11-22(12-6-15)17-18-7-2-8-19-17/h2,7-8,14-15H,3-6,9-12H2,1H3,(H,20,24). The van der Waals surface area contributed by atoms with Gasteiger partial charge in [-0.15, -0.1) is 0 Å². The van der Waals surface area contributed by atoms with Crippen molar-refractivity contribution in [1.29, 1.82) is 0 Å². The van der Waals surface area contributed by atoms with Crippen LogP contribution in [0.15, 0.2) is 18.5 Å². The number of carbonyl (C=O) groups is 2. The van der Waals surface area contributed by atoms with Crippen molar-refractivity contribution in [2.24, 2.45) is 5.92 Å². The zero-order valence-electron chi connectivity index (χ0n) is 14.1. The Morgan fingerprint density at radius 1 is 1.04 bits per heavy atom. The third-order valence-electron chi connectivity index (χ3n) is 4.99. The first-order valence-corrected chi connectivity index (χ1v) is 8.71. The molecule has 0 spiro atoms. The zero-order valence-corrected chi connectivity index (χ0v) is 14.1. The average Bonchev–Trinajstić information content (AvgIpc) is 2.63. The highest BCUT2D eigenvalue weighted by molar-refractivity contribution is 5.79. The molecule has 0 aromatic carbocycles. The maximum Gasteiger partial charge on any atom is 0.225 e. The maximum absolute atomic E-state index is 12.4. The Hall–Kier alpha value is -2.18. The summed E-state index contributed by atoms with van der Waals surface area (Å²) in [6, 6.07) is 2.04. The molecule has 7 heteroatoms. The van der Waals surface area contributed by atoms with Gasteiger partial charge < -0.3 is 15.1 Å². The van der Waals surface area contributed by atoms with Crippen LogP contribution in [0.5, 0.6) is 0 Å². The van der Waals surface area contributed by atoms with Gasteiger partial charge in [0.1, 0.15) is 0 Å². The van der Waals surface area contributed by atoms with Crippen molar-refractivity contribution < 1.29 is 9.59 Å².